The van der Waals surface area contributed by atoms with Crippen LogP contribution in [-0.2, 0) is 9.59 Å². The Bertz CT molecular complexity index is 620. The number of nitrogens with two attached hydrogens (primary N) is 1. The molecule has 1 aromatic carbocycles. The molecule has 1 fully saturated rings. The van der Waals surface area contributed by atoms with Crippen LogP contribution in [0.25, 0.3) is 0 Å². The Labute approximate surface area is 142 Å². The Morgan fingerprint density at radius 2 is 2.00 bits per heavy atom. The molecule has 1 aliphatic rings. The van der Waals surface area contributed by atoms with Crippen LogP contribution < -0.4 is 5.73 Å². The molecule has 4 atom stereocenters. The monoisotopic (exact) mass is 335 g/mol. The smallest absolute Gasteiger partial charge is 0.240 e. The summed E-state index contributed by atoms with van der Waals surface area (Å²) in [5, 5.41) is 0. The van der Waals surface area contributed by atoms with E-state index in [4.69, 9.17) is 5.73 Å². The summed E-state index contributed by atoms with van der Waals surface area (Å²) in [5.74, 6) is -0.543. The second kappa shape index (κ2) is 7.30. The van der Waals surface area contributed by atoms with Gasteiger partial charge in [0.25, 0.3) is 0 Å². The minimum Gasteiger partial charge on any atom is -0.341 e. The summed E-state index contributed by atoms with van der Waals surface area (Å²) in [6.45, 7) is 5.09. The third-order valence-electron chi connectivity index (χ3n) is 4.97. The van der Waals surface area contributed by atoms with Crippen molar-refractivity contribution < 1.29 is 14.0 Å². The van der Waals surface area contributed by atoms with Crippen LogP contribution in [0.15, 0.2) is 24.3 Å². The lowest BCUT2D eigenvalue weighted by molar-refractivity contribution is -0.139. The van der Waals surface area contributed by atoms with Crippen LogP contribution in [0, 0.1) is 5.82 Å². The molecule has 0 saturated carbocycles. The summed E-state index contributed by atoms with van der Waals surface area (Å²) < 4.78 is 13.6. The minimum atomic E-state index is -0.642. The Balaban J connectivity index is 2.36. The number of carbonyl (C=O) groups is 2. The van der Waals surface area contributed by atoms with E-state index in [9.17, 15) is 14.0 Å². The van der Waals surface area contributed by atoms with Gasteiger partial charge >= 0.3 is 0 Å². The van der Waals surface area contributed by atoms with E-state index in [0.717, 1.165) is 18.4 Å². The van der Waals surface area contributed by atoms with Gasteiger partial charge in [0.05, 0.1) is 18.1 Å². The molecule has 132 valence electrons. The van der Waals surface area contributed by atoms with Gasteiger partial charge in [0.1, 0.15) is 5.82 Å². The van der Waals surface area contributed by atoms with E-state index >= 15 is 0 Å². The van der Waals surface area contributed by atoms with Gasteiger partial charge in [-0.15, -0.1) is 0 Å². The molecule has 1 heterocycles. The summed E-state index contributed by atoms with van der Waals surface area (Å²) in [7, 11) is 1.73. The van der Waals surface area contributed by atoms with Crippen LogP contribution in [-0.4, -0.2) is 46.8 Å². The molecule has 1 aromatic rings. The molecule has 0 bridgehead atoms. The maximum absolute atomic E-state index is 13.6. The topological polar surface area (TPSA) is 66.6 Å². The normalized spacial score (nSPS) is 23.0. The Morgan fingerprint density at radius 3 is 2.54 bits per heavy atom. The Morgan fingerprint density at radius 1 is 1.33 bits per heavy atom. The van der Waals surface area contributed by atoms with Gasteiger partial charge in [0.15, 0.2) is 0 Å². The highest BCUT2D eigenvalue weighted by molar-refractivity contribution is 5.82. The van der Waals surface area contributed by atoms with E-state index in [1.165, 1.54) is 19.1 Å². The fraction of sp³-hybridized carbons (Fsp3) is 0.556. The fourth-order valence-electron chi connectivity index (χ4n) is 3.45. The van der Waals surface area contributed by atoms with E-state index in [1.807, 2.05) is 13.0 Å². The Kier molecular flexibility index (Phi) is 5.59. The molecular weight excluding hydrogens is 309 g/mol. The van der Waals surface area contributed by atoms with Crippen LogP contribution in [0.2, 0.25) is 0 Å². The molecule has 1 saturated heterocycles. The standard InChI is InChI=1S/C18H26FN3O2/c1-11(20)18(24)22-16(12(2)21(4)13(3)23)8-9-17(22)14-6-5-7-15(19)10-14/h5-7,10-12,16-17H,8-9,20H2,1-4H3/t11?,12?,16-,17+/m1/s1. The van der Waals surface area contributed by atoms with Crippen LogP contribution in [0.1, 0.15) is 45.2 Å². The summed E-state index contributed by atoms with van der Waals surface area (Å²) >= 11 is 0. The molecule has 1 aliphatic heterocycles. The number of likely N-dealkylation sites (N-methyl/N-ethyl adjacent to an activating group) is 1. The molecule has 5 nitrogen and oxygen atoms in total. The average molecular weight is 335 g/mol. The highest BCUT2D eigenvalue weighted by atomic mass is 19.1. The lowest BCUT2D eigenvalue weighted by atomic mass is 10.0. The van der Waals surface area contributed by atoms with Crippen molar-refractivity contribution in [1.29, 1.82) is 0 Å². The van der Waals surface area contributed by atoms with Gasteiger partial charge in [0, 0.05) is 20.0 Å². The second-order valence-corrected chi connectivity index (χ2v) is 6.62. The quantitative estimate of drug-likeness (QED) is 0.916. The molecular formula is C18H26FN3O2. The SMILES string of the molecule is CC(=O)N(C)C(C)[C@H]1CC[C@@H](c2cccc(F)c2)N1C(=O)C(C)N. The largest absolute Gasteiger partial charge is 0.341 e. The number of rotatable bonds is 4. The average Bonchev–Trinajstić information content (AvgIpc) is 2.97. The first-order chi connectivity index (χ1) is 11.2. The number of nitrogens with zero attached hydrogens (tertiary/aromatic N) is 2. The number of halogens is 1. The van der Waals surface area contributed by atoms with E-state index in [-0.39, 0.29) is 35.8 Å². The predicted octanol–water partition coefficient (Wildman–Crippen LogP) is 2.07. The van der Waals surface area contributed by atoms with Crippen LogP contribution in [0.5, 0.6) is 0 Å². The number of carbonyl (C=O) groups excluding carboxylic acids is 2. The van der Waals surface area contributed by atoms with Crippen molar-refractivity contribution in [2.45, 2.75) is 57.8 Å². The summed E-state index contributed by atoms with van der Waals surface area (Å²) in [6.07, 6.45) is 1.47. The summed E-state index contributed by atoms with van der Waals surface area (Å²) in [4.78, 5) is 27.8. The predicted molar refractivity (Wildman–Crippen MR) is 90.6 cm³/mol. The van der Waals surface area contributed by atoms with Crippen molar-refractivity contribution in [3.8, 4) is 0 Å². The van der Waals surface area contributed by atoms with Gasteiger partial charge in [-0.25, -0.2) is 4.39 Å². The van der Waals surface area contributed by atoms with Gasteiger partial charge in [-0.1, -0.05) is 12.1 Å². The maximum Gasteiger partial charge on any atom is 0.240 e. The van der Waals surface area contributed by atoms with Crippen molar-refractivity contribution in [3.05, 3.63) is 35.6 Å². The second-order valence-electron chi connectivity index (χ2n) is 6.62. The number of likely N-dealkylation sites (tertiary alicyclic amines) is 1. The van der Waals surface area contributed by atoms with E-state index in [2.05, 4.69) is 0 Å². The van der Waals surface area contributed by atoms with E-state index in [0.29, 0.717) is 0 Å². The first-order valence-electron chi connectivity index (χ1n) is 8.30. The highest BCUT2D eigenvalue weighted by Gasteiger charge is 2.42. The van der Waals surface area contributed by atoms with Crippen molar-refractivity contribution in [1.82, 2.24) is 9.80 Å². The molecule has 2 N–H and O–H groups in total. The number of hydrogen-bond donors (Lipinski definition) is 1. The lowest BCUT2D eigenvalue weighted by Gasteiger charge is -2.38. The van der Waals surface area contributed by atoms with Crippen molar-refractivity contribution in [2.24, 2.45) is 5.73 Å². The first kappa shape index (κ1) is 18.4. The zero-order chi connectivity index (χ0) is 18.0. The fourth-order valence-corrected chi connectivity index (χ4v) is 3.45. The molecule has 2 amide bonds. The van der Waals surface area contributed by atoms with Gasteiger partial charge in [-0.2, -0.15) is 0 Å². The lowest BCUT2D eigenvalue weighted by Crippen LogP contribution is -2.53. The van der Waals surface area contributed by atoms with Gasteiger partial charge < -0.3 is 15.5 Å². The number of amides is 2. The molecule has 0 aliphatic carbocycles. The van der Waals surface area contributed by atoms with Crippen LogP contribution in [0.4, 0.5) is 4.39 Å². The van der Waals surface area contributed by atoms with E-state index < -0.39 is 6.04 Å². The molecule has 2 unspecified atom stereocenters. The summed E-state index contributed by atoms with van der Waals surface area (Å²) in [5.41, 5.74) is 6.61. The van der Waals surface area contributed by atoms with Crippen molar-refractivity contribution in [3.63, 3.8) is 0 Å². The third-order valence-corrected chi connectivity index (χ3v) is 4.97. The number of hydrogen-bond acceptors (Lipinski definition) is 3. The molecule has 2 rings (SSSR count). The molecule has 24 heavy (non-hydrogen) atoms. The Hall–Kier alpha value is -1.95. The molecule has 6 heteroatoms. The zero-order valence-electron chi connectivity index (χ0n) is 14.7. The minimum absolute atomic E-state index is 0.0510. The highest BCUT2D eigenvalue weighted by Crippen LogP contribution is 2.38. The van der Waals surface area contributed by atoms with Gasteiger partial charge in [-0.05, 0) is 44.4 Å². The summed E-state index contributed by atoms with van der Waals surface area (Å²) in [6, 6.07) is 5.21. The van der Waals surface area contributed by atoms with E-state index in [1.54, 1.807) is 29.8 Å². The first-order valence-corrected chi connectivity index (χ1v) is 8.30. The number of benzene rings is 1. The van der Waals surface area contributed by atoms with Crippen LogP contribution in [0.3, 0.4) is 0 Å². The van der Waals surface area contributed by atoms with Gasteiger partial charge in [0.2, 0.25) is 11.8 Å². The van der Waals surface area contributed by atoms with Crippen LogP contribution >= 0.6 is 0 Å². The molecule has 0 radical (unpaired) electrons. The zero-order valence-corrected chi connectivity index (χ0v) is 14.7. The molecule has 0 spiro atoms. The van der Waals surface area contributed by atoms with Crippen molar-refractivity contribution >= 4 is 11.8 Å². The maximum atomic E-state index is 13.6. The molecule has 0 aromatic heterocycles. The third kappa shape index (κ3) is 3.59. The van der Waals surface area contributed by atoms with Crippen molar-refractivity contribution in [2.75, 3.05) is 7.05 Å². The van der Waals surface area contributed by atoms with Gasteiger partial charge in [-0.3, -0.25) is 9.59 Å².